The average molecular weight is 298 g/mol. The lowest BCUT2D eigenvalue weighted by Crippen LogP contribution is -2.47. The Morgan fingerprint density at radius 3 is 2.33 bits per heavy atom. The van der Waals surface area contributed by atoms with Crippen LogP contribution in [0.1, 0.15) is 64.7 Å². The Morgan fingerprint density at radius 2 is 1.76 bits per heavy atom. The smallest absolute Gasteiger partial charge is 0.305 e. The van der Waals surface area contributed by atoms with Crippen LogP contribution in [0.25, 0.3) is 0 Å². The number of nitrogens with one attached hydrogen (secondary N) is 2. The largest absolute Gasteiger partial charge is 0.481 e. The highest BCUT2D eigenvalue weighted by Gasteiger charge is 2.37. The topological polar surface area (TPSA) is 95.5 Å². The quantitative estimate of drug-likeness (QED) is 0.563. The molecule has 6 heteroatoms. The summed E-state index contributed by atoms with van der Waals surface area (Å²) in [7, 11) is 0. The number of hydrogen-bond acceptors (Lipinski definition) is 3. The summed E-state index contributed by atoms with van der Waals surface area (Å²) in [6, 6.07) is 0. The fourth-order valence-electron chi connectivity index (χ4n) is 2.90. The molecule has 1 saturated carbocycles. The van der Waals surface area contributed by atoms with Crippen LogP contribution in [0, 0.1) is 0 Å². The molecule has 0 bridgehead atoms. The maximum absolute atomic E-state index is 12.0. The SMILES string of the molecule is CC(=O)NCCCCCC(=O)NC1(CC(=O)O)CCCC1. The maximum atomic E-state index is 12.0. The van der Waals surface area contributed by atoms with Gasteiger partial charge < -0.3 is 15.7 Å². The maximum Gasteiger partial charge on any atom is 0.305 e. The summed E-state index contributed by atoms with van der Waals surface area (Å²) in [4.78, 5) is 33.6. The first kappa shape index (κ1) is 17.5. The second kappa shape index (κ2) is 8.64. The van der Waals surface area contributed by atoms with Gasteiger partial charge in [0.2, 0.25) is 11.8 Å². The third-order valence-corrected chi connectivity index (χ3v) is 3.91. The van der Waals surface area contributed by atoms with Gasteiger partial charge in [-0.15, -0.1) is 0 Å². The van der Waals surface area contributed by atoms with E-state index in [4.69, 9.17) is 5.11 Å². The number of amides is 2. The summed E-state index contributed by atoms with van der Waals surface area (Å²) >= 11 is 0. The third kappa shape index (κ3) is 7.11. The van der Waals surface area contributed by atoms with Crippen molar-refractivity contribution in [3.63, 3.8) is 0 Å². The van der Waals surface area contributed by atoms with Gasteiger partial charge in [0.05, 0.1) is 12.0 Å². The van der Waals surface area contributed by atoms with Crippen molar-refractivity contribution >= 4 is 17.8 Å². The van der Waals surface area contributed by atoms with Gasteiger partial charge in [-0.3, -0.25) is 14.4 Å². The van der Waals surface area contributed by atoms with Crippen LogP contribution in [-0.2, 0) is 14.4 Å². The van der Waals surface area contributed by atoms with Gasteiger partial charge in [0.1, 0.15) is 0 Å². The number of hydrogen-bond donors (Lipinski definition) is 3. The normalized spacial score (nSPS) is 16.4. The lowest BCUT2D eigenvalue weighted by Gasteiger charge is -2.28. The highest BCUT2D eigenvalue weighted by atomic mass is 16.4. The fraction of sp³-hybridized carbons (Fsp3) is 0.800. The van der Waals surface area contributed by atoms with Crippen LogP contribution < -0.4 is 10.6 Å². The van der Waals surface area contributed by atoms with Crippen LogP contribution >= 0.6 is 0 Å². The molecule has 0 aromatic carbocycles. The summed E-state index contributed by atoms with van der Waals surface area (Å²) in [6.45, 7) is 2.12. The first-order valence-corrected chi connectivity index (χ1v) is 7.71. The van der Waals surface area contributed by atoms with E-state index >= 15 is 0 Å². The van der Waals surface area contributed by atoms with Crippen molar-refractivity contribution in [2.75, 3.05) is 6.54 Å². The van der Waals surface area contributed by atoms with E-state index in [2.05, 4.69) is 10.6 Å². The molecule has 3 N–H and O–H groups in total. The average Bonchev–Trinajstić information content (AvgIpc) is 2.80. The number of carbonyl (C=O) groups excluding carboxylic acids is 2. The zero-order chi connectivity index (χ0) is 15.7. The Hall–Kier alpha value is -1.59. The van der Waals surface area contributed by atoms with Crippen LogP contribution in [0.2, 0.25) is 0 Å². The Balaban J connectivity index is 2.22. The predicted octanol–water partition coefficient (Wildman–Crippen LogP) is 1.59. The van der Waals surface area contributed by atoms with Crippen molar-refractivity contribution in [3.05, 3.63) is 0 Å². The molecule has 21 heavy (non-hydrogen) atoms. The Bertz CT molecular complexity index is 376. The lowest BCUT2D eigenvalue weighted by atomic mass is 9.93. The fourth-order valence-corrected chi connectivity index (χ4v) is 2.90. The van der Waals surface area contributed by atoms with Gasteiger partial charge in [-0.1, -0.05) is 19.3 Å². The monoisotopic (exact) mass is 298 g/mol. The highest BCUT2D eigenvalue weighted by Crippen LogP contribution is 2.32. The minimum absolute atomic E-state index is 0.0152. The molecule has 1 aliphatic rings. The number of carboxylic acid groups (broad SMARTS) is 1. The van der Waals surface area contributed by atoms with Gasteiger partial charge in [-0.2, -0.15) is 0 Å². The van der Waals surface area contributed by atoms with Gasteiger partial charge in [0.15, 0.2) is 0 Å². The van der Waals surface area contributed by atoms with Crippen LogP contribution in [0.4, 0.5) is 0 Å². The van der Waals surface area contributed by atoms with Gasteiger partial charge >= 0.3 is 5.97 Å². The van der Waals surface area contributed by atoms with E-state index < -0.39 is 11.5 Å². The molecule has 0 radical (unpaired) electrons. The summed E-state index contributed by atoms with van der Waals surface area (Å²) in [5.41, 5.74) is -0.529. The van der Waals surface area contributed by atoms with E-state index in [1.54, 1.807) is 0 Å². The molecule has 0 spiro atoms. The molecule has 1 aliphatic carbocycles. The van der Waals surface area contributed by atoms with Crippen LogP contribution in [-0.4, -0.2) is 35.0 Å². The minimum atomic E-state index is -0.854. The van der Waals surface area contributed by atoms with E-state index in [0.29, 0.717) is 13.0 Å². The van der Waals surface area contributed by atoms with E-state index in [9.17, 15) is 14.4 Å². The van der Waals surface area contributed by atoms with E-state index in [0.717, 1.165) is 44.9 Å². The molecule has 0 heterocycles. The van der Waals surface area contributed by atoms with Crippen molar-refractivity contribution in [1.82, 2.24) is 10.6 Å². The van der Waals surface area contributed by atoms with Crippen molar-refractivity contribution in [1.29, 1.82) is 0 Å². The predicted molar refractivity (Wildman–Crippen MR) is 78.7 cm³/mol. The Kier molecular flexibility index (Phi) is 7.19. The van der Waals surface area contributed by atoms with Crippen molar-refractivity contribution in [3.8, 4) is 0 Å². The molecule has 1 rings (SSSR count). The Labute approximate surface area is 125 Å². The molecule has 120 valence electrons. The number of aliphatic carboxylic acids is 1. The summed E-state index contributed by atoms with van der Waals surface area (Å²) in [6.07, 6.45) is 6.39. The van der Waals surface area contributed by atoms with E-state index in [1.165, 1.54) is 6.92 Å². The summed E-state index contributed by atoms with van der Waals surface area (Å²) in [5.74, 6) is -0.949. The molecular formula is C15H26N2O4. The second-order valence-corrected chi connectivity index (χ2v) is 5.90. The zero-order valence-corrected chi connectivity index (χ0v) is 12.7. The van der Waals surface area contributed by atoms with Crippen molar-refractivity contribution < 1.29 is 19.5 Å². The second-order valence-electron chi connectivity index (χ2n) is 5.90. The molecule has 0 unspecified atom stereocenters. The summed E-state index contributed by atoms with van der Waals surface area (Å²) < 4.78 is 0. The molecule has 2 amide bonds. The molecule has 0 saturated heterocycles. The number of unbranched alkanes of at least 4 members (excludes halogenated alkanes) is 2. The molecular weight excluding hydrogens is 272 g/mol. The molecule has 1 fully saturated rings. The van der Waals surface area contributed by atoms with Crippen LogP contribution in [0.15, 0.2) is 0 Å². The number of carbonyl (C=O) groups is 3. The highest BCUT2D eigenvalue weighted by molar-refractivity contribution is 5.78. The van der Waals surface area contributed by atoms with E-state index in [1.807, 2.05) is 0 Å². The summed E-state index contributed by atoms with van der Waals surface area (Å²) in [5, 5.41) is 14.6. The number of carboxylic acids is 1. The molecule has 0 aromatic heterocycles. The Morgan fingerprint density at radius 1 is 1.10 bits per heavy atom. The van der Waals surface area contributed by atoms with Crippen LogP contribution in [0.3, 0.4) is 0 Å². The first-order valence-electron chi connectivity index (χ1n) is 7.71. The lowest BCUT2D eigenvalue weighted by molar-refractivity contribution is -0.139. The molecule has 6 nitrogen and oxygen atoms in total. The van der Waals surface area contributed by atoms with Gasteiger partial charge in [-0.05, 0) is 25.7 Å². The van der Waals surface area contributed by atoms with Crippen molar-refractivity contribution in [2.45, 2.75) is 70.3 Å². The minimum Gasteiger partial charge on any atom is -0.481 e. The standard InChI is InChI=1S/C15H26N2O4/c1-12(18)16-10-6-2-3-7-13(19)17-15(11-14(20)21)8-4-5-9-15/h2-11H2,1H3,(H,16,18)(H,17,19)(H,20,21). The molecule has 0 atom stereocenters. The van der Waals surface area contributed by atoms with Gasteiger partial charge in [0, 0.05) is 19.9 Å². The zero-order valence-electron chi connectivity index (χ0n) is 12.7. The first-order chi connectivity index (χ1) is 9.93. The van der Waals surface area contributed by atoms with Gasteiger partial charge in [-0.25, -0.2) is 0 Å². The third-order valence-electron chi connectivity index (χ3n) is 3.91. The van der Waals surface area contributed by atoms with E-state index in [-0.39, 0.29) is 18.2 Å². The number of rotatable bonds is 9. The van der Waals surface area contributed by atoms with Crippen LogP contribution in [0.5, 0.6) is 0 Å². The van der Waals surface area contributed by atoms with Crippen molar-refractivity contribution in [2.24, 2.45) is 0 Å². The van der Waals surface area contributed by atoms with Gasteiger partial charge in [0.25, 0.3) is 0 Å². The molecule has 0 aliphatic heterocycles. The molecule has 0 aromatic rings.